The standard InChI is InChI=1S/C15H20N2O/c1-4-11(2)16-15(18)10-17-12(3)9-13-7-5-6-8-14(13)17/h5-9,11H,4,10H2,1-3H3,(H,16,18). The number of carbonyl (C=O) groups is 1. The lowest BCUT2D eigenvalue weighted by atomic mass is 10.2. The number of nitrogens with one attached hydrogen (secondary N) is 1. The molecule has 1 aromatic carbocycles. The number of rotatable bonds is 4. The van der Waals surface area contributed by atoms with E-state index in [1.807, 2.05) is 26.0 Å². The maximum absolute atomic E-state index is 11.9. The summed E-state index contributed by atoms with van der Waals surface area (Å²) in [6.07, 6.45) is 0.956. The number of fused-ring (bicyclic) bond motifs is 1. The molecule has 3 nitrogen and oxygen atoms in total. The van der Waals surface area contributed by atoms with Gasteiger partial charge in [-0.3, -0.25) is 4.79 Å². The number of aromatic nitrogens is 1. The van der Waals surface area contributed by atoms with E-state index in [0.717, 1.165) is 17.6 Å². The number of hydrogen-bond acceptors (Lipinski definition) is 1. The molecule has 2 aromatic rings. The highest BCUT2D eigenvalue weighted by molar-refractivity contribution is 5.84. The Morgan fingerprint density at radius 1 is 1.39 bits per heavy atom. The number of hydrogen-bond donors (Lipinski definition) is 1. The third kappa shape index (κ3) is 2.55. The molecule has 1 N–H and O–H groups in total. The molecule has 1 unspecified atom stereocenters. The molecule has 2 rings (SSSR count). The smallest absolute Gasteiger partial charge is 0.240 e. The number of nitrogens with zero attached hydrogens (tertiary/aromatic N) is 1. The molecule has 1 atom stereocenters. The molecule has 18 heavy (non-hydrogen) atoms. The molecule has 0 fully saturated rings. The molecule has 0 bridgehead atoms. The molecule has 1 amide bonds. The number of aryl methyl sites for hydroxylation is 1. The van der Waals surface area contributed by atoms with Crippen LogP contribution in [0.1, 0.15) is 26.0 Å². The van der Waals surface area contributed by atoms with Crippen molar-refractivity contribution in [2.24, 2.45) is 0 Å². The Balaban J connectivity index is 2.21. The van der Waals surface area contributed by atoms with Gasteiger partial charge in [0.25, 0.3) is 0 Å². The fraction of sp³-hybridized carbons (Fsp3) is 0.400. The SMILES string of the molecule is CCC(C)NC(=O)Cn1c(C)cc2ccccc21. The summed E-state index contributed by atoms with van der Waals surface area (Å²) < 4.78 is 2.06. The first-order valence-corrected chi connectivity index (χ1v) is 6.46. The largest absolute Gasteiger partial charge is 0.352 e. The number of para-hydroxylation sites is 1. The van der Waals surface area contributed by atoms with Crippen LogP contribution < -0.4 is 5.32 Å². The normalized spacial score (nSPS) is 12.6. The van der Waals surface area contributed by atoms with Gasteiger partial charge >= 0.3 is 0 Å². The van der Waals surface area contributed by atoms with Gasteiger partial charge in [0.15, 0.2) is 0 Å². The van der Waals surface area contributed by atoms with Gasteiger partial charge in [0.1, 0.15) is 6.54 Å². The number of amides is 1. The van der Waals surface area contributed by atoms with Crippen molar-refractivity contribution in [2.75, 3.05) is 0 Å². The van der Waals surface area contributed by atoms with E-state index in [1.54, 1.807) is 0 Å². The Morgan fingerprint density at radius 2 is 2.11 bits per heavy atom. The molecule has 1 aromatic heterocycles. The monoisotopic (exact) mass is 244 g/mol. The lowest BCUT2D eigenvalue weighted by Crippen LogP contribution is -2.34. The minimum atomic E-state index is 0.0776. The fourth-order valence-electron chi connectivity index (χ4n) is 2.12. The van der Waals surface area contributed by atoms with Gasteiger partial charge < -0.3 is 9.88 Å². The van der Waals surface area contributed by atoms with Crippen molar-refractivity contribution in [3.63, 3.8) is 0 Å². The summed E-state index contributed by atoms with van der Waals surface area (Å²) in [5.74, 6) is 0.0776. The van der Waals surface area contributed by atoms with Gasteiger partial charge in [0.2, 0.25) is 5.91 Å². The van der Waals surface area contributed by atoms with Gasteiger partial charge in [-0.05, 0) is 37.8 Å². The van der Waals surface area contributed by atoms with Gasteiger partial charge in [-0.2, -0.15) is 0 Å². The van der Waals surface area contributed by atoms with E-state index in [4.69, 9.17) is 0 Å². The van der Waals surface area contributed by atoms with Crippen LogP contribution in [0.15, 0.2) is 30.3 Å². The van der Waals surface area contributed by atoms with Crippen molar-refractivity contribution in [2.45, 2.75) is 39.8 Å². The minimum Gasteiger partial charge on any atom is -0.352 e. The van der Waals surface area contributed by atoms with Gasteiger partial charge in [-0.1, -0.05) is 25.1 Å². The molecule has 0 aliphatic carbocycles. The summed E-state index contributed by atoms with van der Waals surface area (Å²) >= 11 is 0. The highest BCUT2D eigenvalue weighted by atomic mass is 16.2. The summed E-state index contributed by atoms with van der Waals surface area (Å²) in [5.41, 5.74) is 2.24. The molecule has 0 saturated carbocycles. The Morgan fingerprint density at radius 3 is 2.83 bits per heavy atom. The van der Waals surface area contributed by atoms with E-state index in [1.165, 1.54) is 5.39 Å². The van der Waals surface area contributed by atoms with Gasteiger partial charge in [-0.15, -0.1) is 0 Å². The third-order valence-electron chi connectivity index (χ3n) is 3.34. The van der Waals surface area contributed by atoms with E-state index in [9.17, 15) is 4.79 Å². The number of benzene rings is 1. The summed E-state index contributed by atoms with van der Waals surface area (Å²) in [6, 6.07) is 10.5. The summed E-state index contributed by atoms with van der Waals surface area (Å²) in [7, 11) is 0. The zero-order chi connectivity index (χ0) is 13.1. The van der Waals surface area contributed by atoms with Crippen molar-refractivity contribution >= 4 is 16.8 Å². The molecule has 0 aliphatic heterocycles. The van der Waals surface area contributed by atoms with Crippen molar-refractivity contribution < 1.29 is 4.79 Å². The molecule has 0 aliphatic rings. The average molecular weight is 244 g/mol. The van der Waals surface area contributed by atoms with Crippen LogP contribution in [0.2, 0.25) is 0 Å². The highest BCUT2D eigenvalue weighted by Gasteiger charge is 2.10. The van der Waals surface area contributed by atoms with Crippen LogP contribution in [-0.2, 0) is 11.3 Å². The van der Waals surface area contributed by atoms with Crippen LogP contribution in [0, 0.1) is 6.92 Å². The molecule has 0 spiro atoms. The Bertz CT molecular complexity index is 557. The van der Waals surface area contributed by atoms with Crippen molar-refractivity contribution in [3.8, 4) is 0 Å². The lowest BCUT2D eigenvalue weighted by molar-refractivity contribution is -0.122. The second-order valence-corrected chi connectivity index (χ2v) is 4.81. The highest BCUT2D eigenvalue weighted by Crippen LogP contribution is 2.18. The predicted molar refractivity (Wildman–Crippen MR) is 74.6 cm³/mol. The van der Waals surface area contributed by atoms with Crippen molar-refractivity contribution in [1.29, 1.82) is 0 Å². The molecular formula is C15H20N2O. The first-order chi connectivity index (χ1) is 8.61. The van der Waals surface area contributed by atoms with E-state index in [2.05, 4.69) is 35.0 Å². The average Bonchev–Trinajstić information content (AvgIpc) is 2.66. The zero-order valence-corrected chi connectivity index (χ0v) is 11.2. The van der Waals surface area contributed by atoms with Crippen molar-refractivity contribution in [1.82, 2.24) is 9.88 Å². The van der Waals surface area contributed by atoms with Crippen LogP contribution in [-0.4, -0.2) is 16.5 Å². The Kier molecular flexibility index (Phi) is 3.70. The lowest BCUT2D eigenvalue weighted by Gasteiger charge is -2.13. The van der Waals surface area contributed by atoms with Gasteiger partial charge in [-0.25, -0.2) is 0 Å². The zero-order valence-electron chi connectivity index (χ0n) is 11.2. The molecule has 1 heterocycles. The topological polar surface area (TPSA) is 34.0 Å². The maximum Gasteiger partial charge on any atom is 0.240 e. The molecule has 0 radical (unpaired) electrons. The maximum atomic E-state index is 11.9. The second-order valence-electron chi connectivity index (χ2n) is 4.81. The van der Waals surface area contributed by atoms with E-state index in [0.29, 0.717) is 6.54 Å². The number of carbonyl (C=O) groups excluding carboxylic acids is 1. The molecule has 0 saturated heterocycles. The van der Waals surface area contributed by atoms with Crippen LogP contribution in [0.4, 0.5) is 0 Å². The van der Waals surface area contributed by atoms with Crippen molar-refractivity contribution in [3.05, 3.63) is 36.0 Å². The molecular weight excluding hydrogens is 224 g/mol. The Labute approximate surface area is 108 Å². The second kappa shape index (κ2) is 5.25. The van der Waals surface area contributed by atoms with Crippen LogP contribution in [0.5, 0.6) is 0 Å². The molecule has 96 valence electrons. The molecule has 3 heteroatoms. The summed E-state index contributed by atoms with van der Waals surface area (Å²) in [4.78, 5) is 11.9. The van der Waals surface area contributed by atoms with Crippen LogP contribution in [0.3, 0.4) is 0 Å². The third-order valence-corrected chi connectivity index (χ3v) is 3.34. The van der Waals surface area contributed by atoms with Crippen LogP contribution >= 0.6 is 0 Å². The van der Waals surface area contributed by atoms with E-state index in [-0.39, 0.29) is 11.9 Å². The van der Waals surface area contributed by atoms with E-state index >= 15 is 0 Å². The fourth-order valence-corrected chi connectivity index (χ4v) is 2.12. The summed E-state index contributed by atoms with van der Waals surface area (Å²) in [6.45, 7) is 6.53. The van der Waals surface area contributed by atoms with Gasteiger partial charge in [0.05, 0.1) is 0 Å². The first kappa shape index (κ1) is 12.7. The van der Waals surface area contributed by atoms with E-state index < -0.39 is 0 Å². The first-order valence-electron chi connectivity index (χ1n) is 6.46. The van der Waals surface area contributed by atoms with Gasteiger partial charge in [0, 0.05) is 17.3 Å². The summed E-state index contributed by atoms with van der Waals surface area (Å²) in [5, 5.41) is 4.19. The quantitative estimate of drug-likeness (QED) is 0.881. The minimum absolute atomic E-state index is 0.0776. The predicted octanol–water partition coefficient (Wildman–Crippen LogP) is 2.86. The Hall–Kier alpha value is -1.77. The van der Waals surface area contributed by atoms with Crippen LogP contribution in [0.25, 0.3) is 10.9 Å².